The molecule has 1 N–H and O–H groups in total. The highest BCUT2D eigenvalue weighted by Crippen LogP contribution is 2.50. The predicted octanol–water partition coefficient (Wildman–Crippen LogP) is 2.69. The number of nitrogens with zero attached hydrogens (tertiary/aromatic N) is 1. The third kappa shape index (κ3) is 2.57. The van der Waals surface area contributed by atoms with Gasteiger partial charge in [-0.3, -0.25) is 10.1 Å². The summed E-state index contributed by atoms with van der Waals surface area (Å²) in [6, 6.07) is 6.77. The van der Waals surface area contributed by atoms with Gasteiger partial charge in [0.15, 0.2) is 0 Å². The zero-order valence-electron chi connectivity index (χ0n) is 12.1. The first-order valence-corrected chi connectivity index (χ1v) is 8.01. The molecule has 1 heterocycles. The fourth-order valence-corrected chi connectivity index (χ4v) is 3.68. The number of hydrogen-bond donors (Lipinski definition) is 1. The minimum absolute atomic E-state index is 0.106. The number of benzene rings is 1. The molecule has 3 nitrogen and oxygen atoms in total. The molecule has 0 radical (unpaired) electrons. The second-order valence-electron chi connectivity index (χ2n) is 6.69. The van der Waals surface area contributed by atoms with Crippen molar-refractivity contribution in [2.75, 3.05) is 13.1 Å². The average Bonchev–Trinajstić information content (AvgIpc) is 3.37. The molecule has 1 aromatic rings. The van der Waals surface area contributed by atoms with Crippen molar-refractivity contribution >= 4 is 5.91 Å². The summed E-state index contributed by atoms with van der Waals surface area (Å²) in [5.74, 6) is 2.10. The van der Waals surface area contributed by atoms with Crippen LogP contribution in [0.15, 0.2) is 24.3 Å². The second-order valence-corrected chi connectivity index (χ2v) is 6.69. The molecule has 1 unspecified atom stereocenters. The predicted molar refractivity (Wildman–Crippen MR) is 77.8 cm³/mol. The Morgan fingerprint density at radius 1 is 1.19 bits per heavy atom. The fraction of sp³-hybridized carbons (Fsp3) is 0.588. The highest BCUT2D eigenvalue weighted by atomic mass is 19.1. The smallest absolute Gasteiger partial charge is 0.238 e. The van der Waals surface area contributed by atoms with E-state index in [4.69, 9.17) is 0 Å². The van der Waals surface area contributed by atoms with Crippen LogP contribution in [0.4, 0.5) is 4.39 Å². The molecule has 4 rings (SSSR count). The first kappa shape index (κ1) is 13.3. The van der Waals surface area contributed by atoms with Crippen molar-refractivity contribution in [1.82, 2.24) is 10.2 Å². The molecule has 1 saturated heterocycles. The van der Waals surface area contributed by atoms with E-state index in [1.165, 1.54) is 31.7 Å². The van der Waals surface area contributed by atoms with Crippen LogP contribution in [0.5, 0.6) is 0 Å². The topological polar surface area (TPSA) is 32.3 Å². The van der Waals surface area contributed by atoms with Crippen LogP contribution in [-0.2, 0) is 4.79 Å². The van der Waals surface area contributed by atoms with Crippen LogP contribution in [0.2, 0.25) is 0 Å². The number of hydrogen-bond acceptors (Lipinski definition) is 2. The van der Waals surface area contributed by atoms with E-state index in [0.717, 1.165) is 18.4 Å². The molecule has 3 fully saturated rings. The van der Waals surface area contributed by atoms with Gasteiger partial charge in [0.05, 0.1) is 6.54 Å². The Morgan fingerprint density at radius 2 is 1.86 bits per heavy atom. The summed E-state index contributed by atoms with van der Waals surface area (Å²) in [5.41, 5.74) is 0.591. The quantitative estimate of drug-likeness (QED) is 0.903. The number of halogens is 1. The van der Waals surface area contributed by atoms with Crippen LogP contribution in [-0.4, -0.2) is 23.9 Å². The largest absolute Gasteiger partial charge is 0.321 e. The van der Waals surface area contributed by atoms with E-state index in [-0.39, 0.29) is 17.9 Å². The summed E-state index contributed by atoms with van der Waals surface area (Å²) in [5, 5.41) is 3.17. The van der Waals surface area contributed by atoms with E-state index in [1.807, 2.05) is 11.0 Å². The van der Waals surface area contributed by atoms with Gasteiger partial charge in [0.1, 0.15) is 12.0 Å². The molecule has 112 valence electrons. The standard InChI is InChI=1S/C17H21FN2O/c18-15-4-2-1-3-13(15)17-19-9-16(21)20(17)10-14(11-5-6-11)12-7-8-12/h1-4,11-12,14,17,19H,5-10H2. The van der Waals surface area contributed by atoms with Gasteiger partial charge in [0.25, 0.3) is 0 Å². The molecule has 1 aliphatic heterocycles. The summed E-state index contributed by atoms with van der Waals surface area (Å²) in [6.07, 6.45) is 4.93. The Hall–Kier alpha value is -1.42. The molecule has 21 heavy (non-hydrogen) atoms. The van der Waals surface area contributed by atoms with Crippen molar-refractivity contribution in [3.05, 3.63) is 35.6 Å². The van der Waals surface area contributed by atoms with Crippen molar-refractivity contribution in [3.63, 3.8) is 0 Å². The number of rotatable bonds is 5. The molecule has 0 spiro atoms. The molecular weight excluding hydrogens is 267 g/mol. The van der Waals surface area contributed by atoms with Crippen LogP contribution >= 0.6 is 0 Å². The number of amides is 1. The summed E-state index contributed by atoms with van der Waals surface area (Å²) >= 11 is 0. The maximum Gasteiger partial charge on any atom is 0.238 e. The molecule has 1 aromatic carbocycles. The summed E-state index contributed by atoms with van der Waals surface area (Å²) in [4.78, 5) is 14.1. The zero-order chi connectivity index (χ0) is 14.4. The Morgan fingerprint density at radius 3 is 2.48 bits per heavy atom. The molecule has 2 saturated carbocycles. The van der Waals surface area contributed by atoms with Crippen LogP contribution in [0.25, 0.3) is 0 Å². The SMILES string of the molecule is O=C1CNC(c2ccccc2F)N1CC(C1CC1)C1CC1. The van der Waals surface area contributed by atoms with E-state index < -0.39 is 0 Å². The van der Waals surface area contributed by atoms with Gasteiger partial charge in [0, 0.05) is 12.1 Å². The summed E-state index contributed by atoms with van der Waals surface area (Å²) in [7, 11) is 0. The van der Waals surface area contributed by atoms with Crippen LogP contribution in [0.1, 0.15) is 37.4 Å². The second kappa shape index (κ2) is 5.09. The number of nitrogens with one attached hydrogen (secondary N) is 1. The lowest BCUT2D eigenvalue weighted by Crippen LogP contribution is -2.36. The van der Waals surface area contributed by atoms with Gasteiger partial charge in [-0.25, -0.2) is 4.39 Å². The minimum atomic E-state index is -0.293. The van der Waals surface area contributed by atoms with Gasteiger partial charge in [-0.1, -0.05) is 18.2 Å². The van der Waals surface area contributed by atoms with Crippen LogP contribution in [0, 0.1) is 23.6 Å². The number of carbonyl (C=O) groups excluding carboxylic acids is 1. The van der Waals surface area contributed by atoms with Crippen molar-refractivity contribution in [2.45, 2.75) is 31.8 Å². The molecule has 4 heteroatoms. The normalized spacial score (nSPS) is 25.9. The molecule has 0 aromatic heterocycles. The lowest BCUT2D eigenvalue weighted by Gasteiger charge is -2.29. The van der Waals surface area contributed by atoms with Crippen LogP contribution in [0.3, 0.4) is 0 Å². The highest BCUT2D eigenvalue weighted by molar-refractivity contribution is 5.81. The maximum absolute atomic E-state index is 14.0. The van der Waals surface area contributed by atoms with Gasteiger partial charge in [-0.2, -0.15) is 0 Å². The lowest BCUT2D eigenvalue weighted by atomic mass is 9.96. The number of carbonyl (C=O) groups is 1. The molecule has 2 aliphatic carbocycles. The average molecular weight is 288 g/mol. The van der Waals surface area contributed by atoms with E-state index in [2.05, 4.69) is 5.32 Å². The zero-order valence-corrected chi connectivity index (χ0v) is 12.1. The Kier molecular flexibility index (Phi) is 3.21. The molecular formula is C17H21FN2O. The van der Waals surface area contributed by atoms with Gasteiger partial charge >= 0.3 is 0 Å². The monoisotopic (exact) mass is 288 g/mol. The molecule has 3 aliphatic rings. The first-order valence-electron chi connectivity index (χ1n) is 8.01. The Bertz CT molecular complexity index is 541. The molecule has 1 amide bonds. The van der Waals surface area contributed by atoms with Gasteiger partial charge in [0.2, 0.25) is 5.91 Å². The Labute approximate surface area is 124 Å². The Balaban J connectivity index is 1.56. The van der Waals surface area contributed by atoms with E-state index in [9.17, 15) is 9.18 Å². The van der Waals surface area contributed by atoms with Crippen molar-refractivity contribution < 1.29 is 9.18 Å². The minimum Gasteiger partial charge on any atom is -0.321 e. The summed E-state index contributed by atoms with van der Waals surface area (Å²) < 4.78 is 14.0. The van der Waals surface area contributed by atoms with Crippen molar-refractivity contribution in [3.8, 4) is 0 Å². The maximum atomic E-state index is 14.0. The fourth-order valence-electron chi connectivity index (χ4n) is 3.68. The van der Waals surface area contributed by atoms with E-state index in [0.29, 0.717) is 18.0 Å². The van der Waals surface area contributed by atoms with Crippen molar-refractivity contribution in [2.24, 2.45) is 17.8 Å². The van der Waals surface area contributed by atoms with Gasteiger partial charge in [-0.15, -0.1) is 0 Å². The van der Waals surface area contributed by atoms with Gasteiger partial charge < -0.3 is 4.90 Å². The first-order chi connectivity index (χ1) is 10.2. The molecule has 0 bridgehead atoms. The van der Waals surface area contributed by atoms with E-state index in [1.54, 1.807) is 12.1 Å². The lowest BCUT2D eigenvalue weighted by molar-refractivity contribution is -0.128. The third-order valence-corrected chi connectivity index (χ3v) is 5.14. The van der Waals surface area contributed by atoms with Gasteiger partial charge in [-0.05, 0) is 49.5 Å². The molecule has 1 atom stereocenters. The highest BCUT2D eigenvalue weighted by Gasteiger charge is 2.44. The van der Waals surface area contributed by atoms with Crippen LogP contribution < -0.4 is 5.32 Å². The third-order valence-electron chi connectivity index (χ3n) is 5.14. The summed E-state index contributed by atoms with van der Waals surface area (Å²) in [6.45, 7) is 1.11. The van der Waals surface area contributed by atoms with E-state index >= 15 is 0 Å². The van der Waals surface area contributed by atoms with Crippen molar-refractivity contribution in [1.29, 1.82) is 0 Å².